The summed E-state index contributed by atoms with van der Waals surface area (Å²) in [5.41, 5.74) is 2.14. The summed E-state index contributed by atoms with van der Waals surface area (Å²) in [4.78, 5) is 25.6. The number of amides is 1. The summed E-state index contributed by atoms with van der Waals surface area (Å²) in [7, 11) is 3.06. The number of hydrogen-bond acceptors (Lipinski definition) is 6. The fourth-order valence-electron chi connectivity index (χ4n) is 3.62. The van der Waals surface area contributed by atoms with Crippen LogP contribution in [0.4, 0.5) is 5.69 Å². The van der Waals surface area contributed by atoms with Crippen molar-refractivity contribution in [3.05, 3.63) is 71.3 Å². The van der Waals surface area contributed by atoms with Gasteiger partial charge in [-0.1, -0.05) is 13.3 Å². The summed E-state index contributed by atoms with van der Waals surface area (Å²) < 4.78 is 19.0. The zero-order valence-electron chi connectivity index (χ0n) is 20.0. The van der Waals surface area contributed by atoms with Crippen LogP contribution in [0.15, 0.2) is 65.7 Å². The minimum Gasteiger partial charge on any atom is -0.494 e. The van der Waals surface area contributed by atoms with Crippen molar-refractivity contribution in [2.75, 3.05) is 26.1 Å². The summed E-state index contributed by atoms with van der Waals surface area (Å²) in [5, 5.41) is 7.29. The second-order valence-electron chi connectivity index (χ2n) is 7.93. The van der Waals surface area contributed by atoms with Crippen LogP contribution in [0.3, 0.4) is 0 Å². The van der Waals surface area contributed by atoms with Gasteiger partial charge >= 0.3 is 0 Å². The van der Waals surface area contributed by atoms with E-state index in [0.29, 0.717) is 35.0 Å². The number of aromatic nitrogens is 3. The van der Waals surface area contributed by atoms with Crippen LogP contribution in [0.25, 0.3) is 16.8 Å². The molecular weight excluding hydrogens is 448 g/mol. The summed E-state index contributed by atoms with van der Waals surface area (Å²) in [6.45, 7) is 2.66. The number of methoxy groups -OCH3 is 2. The first kappa shape index (κ1) is 23.9. The van der Waals surface area contributed by atoms with Crippen molar-refractivity contribution in [3.63, 3.8) is 0 Å². The minimum atomic E-state index is -0.345. The second kappa shape index (κ2) is 10.8. The first-order valence-corrected chi connectivity index (χ1v) is 11.4. The number of carbonyl (C=O) groups excluding carboxylic acids is 1. The van der Waals surface area contributed by atoms with Crippen LogP contribution >= 0.6 is 0 Å². The van der Waals surface area contributed by atoms with Crippen LogP contribution in [-0.2, 0) is 11.3 Å². The molecule has 35 heavy (non-hydrogen) atoms. The normalized spacial score (nSPS) is 10.8. The summed E-state index contributed by atoms with van der Waals surface area (Å²) >= 11 is 0. The highest BCUT2D eigenvalue weighted by Crippen LogP contribution is 2.29. The molecule has 0 saturated heterocycles. The molecule has 9 nitrogen and oxygen atoms in total. The Kier molecular flexibility index (Phi) is 7.35. The maximum absolute atomic E-state index is 13.0. The summed E-state index contributed by atoms with van der Waals surface area (Å²) in [6.07, 6.45) is 5.29. The Bertz CT molecular complexity index is 1380. The molecule has 0 aliphatic carbocycles. The molecule has 0 aliphatic rings. The fourth-order valence-corrected chi connectivity index (χ4v) is 3.62. The van der Waals surface area contributed by atoms with E-state index in [-0.39, 0.29) is 18.0 Å². The molecule has 4 rings (SSSR count). The van der Waals surface area contributed by atoms with Gasteiger partial charge in [0.1, 0.15) is 17.8 Å². The van der Waals surface area contributed by atoms with Crippen molar-refractivity contribution in [1.82, 2.24) is 14.2 Å². The highest BCUT2D eigenvalue weighted by molar-refractivity contribution is 5.91. The highest BCUT2D eigenvalue weighted by Gasteiger charge is 2.13. The van der Waals surface area contributed by atoms with Crippen LogP contribution in [0.5, 0.6) is 17.2 Å². The molecule has 0 atom stereocenters. The van der Waals surface area contributed by atoms with Crippen LogP contribution in [-0.4, -0.2) is 40.9 Å². The van der Waals surface area contributed by atoms with E-state index < -0.39 is 0 Å². The van der Waals surface area contributed by atoms with Crippen LogP contribution in [0.2, 0.25) is 0 Å². The number of benzene rings is 2. The lowest BCUT2D eigenvalue weighted by Crippen LogP contribution is -2.28. The minimum absolute atomic E-state index is 0.145. The van der Waals surface area contributed by atoms with E-state index in [0.717, 1.165) is 24.2 Å². The fraction of sp³-hybridized carbons (Fsp3) is 0.269. The molecule has 2 aromatic heterocycles. The molecule has 0 spiro atoms. The van der Waals surface area contributed by atoms with Gasteiger partial charge in [0, 0.05) is 29.7 Å². The van der Waals surface area contributed by atoms with Crippen LogP contribution in [0, 0.1) is 0 Å². The Hall–Kier alpha value is -4.27. The average molecular weight is 477 g/mol. The molecule has 1 N–H and O–H groups in total. The first-order valence-electron chi connectivity index (χ1n) is 11.4. The van der Waals surface area contributed by atoms with Crippen molar-refractivity contribution < 1.29 is 19.0 Å². The molecule has 1 amide bonds. The van der Waals surface area contributed by atoms with Gasteiger partial charge in [-0.15, -0.1) is 0 Å². The van der Waals surface area contributed by atoms with Gasteiger partial charge in [0.15, 0.2) is 11.5 Å². The third-order valence-electron chi connectivity index (χ3n) is 5.50. The van der Waals surface area contributed by atoms with Gasteiger partial charge in [0.05, 0.1) is 26.5 Å². The van der Waals surface area contributed by atoms with Crippen molar-refractivity contribution in [1.29, 1.82) is 0 Å². The largest absolute Gasteiger partial charge is 0.494 e. The van der Waals surface area contributed by atoms with Crippen LogP contribution < -0.4 is 25.1 Å². The number of rotatable bonds is 10. The van der Waals surface area contributed by atoms with E-state index in [2.05, 4.69) is 17.3 Å². The highest BCUT2D eigenvalue weighted by atomic mass is 16.5. The molecule has 0 radical (unpaired) electrons. The smallest absolute Gasteiger partial charge is 0.277 e. The Morgan fingerprint density at radius 1 is 1.00 bits per heavy atom. The SMILES string of the molecule is CCCCOc1ccc(-c2cc3c(=O)n(CC(=O)Nc4ccc(OC)c(OC)c4)ccn3n2)cc1. The number of anilines is 1. The Labute approximate surface area is 202 Å². The lowest BCUT2D eigenvalue weighted by molar-refractivity contribution is -0.116. The van der Waals surface area contributed by atoms with Crippen molar-refractivity contribution in [2.45, 2.75) is 26.3 Å². The van der Waals surface area contributed by atoms with Crippen molar-refractivity contribution >= 4 is 17.1 Å². The number of unbranched alkanes of at least 4 members (excludes halogenated alkanes) is 1. The van der Waals surface area contributed by atoms with Gasteiger partial charge in [0.2, 0.25) is 5.91 Å². The van der Waals surface area contributed by atoms with Crippen LogP contribution in [0.1, 0.15) is 19.8 Å². The lowest BCUT2D eigenvalue weighted by atomic mass is 10.1. The Morgan fingerprint density at radius 2 is 1.77 bits per heavy atom. The molecule has 4 aromatic rings. The van der Waals surface area contributed by atoms with Gasteiger partial charge < -0.3 is 24.1 Å². The van der Waals surface area contributed by atoms with E-state index in [4.69, 9.17) is 14.2 Å². The quantitative estimate of drug-likeness (QED) is 0.348. The number of ether oxygens (including phenoxy) is 3. The van der Waals surface area contributed by atoms with Crippen molar-refractivity contribution in [2.24, 2.45) is 0 Å². The zero-order valence-corrected chi connectivity index (χ0v) is 20.0. The van der Waals surface area contributed by atoms with Gasteiger partial charge in [-0.3, -0.25) is 9.59 Å². The number of nitrogens with zero attached hydrogens (tertiary/aromatic N) is 3. The molecule has 0 aliphatic heterocycles. The molecule has 0 saturated carbocycles. The molecule has 9 heteroatoms. The van der Waals surface area contributed by atoms with Crippen molar-refractivity contribution in [3.8, 4) is 28.5 Å². The topological polar surface area (TPSA) is 96.1 Å². The molecular formula is C26H28N4O5. The van der Waals surface area contributed by atoms with E-state index in [1.165, 1.54) is 16.2 Å². The van der Waals surface area contributed by atoms with E-state index >= 15 is 0 Å². The Morgan fingerprint density at radius 3 is 2.49 bits per heavy atom. The third-order valence-corrected chi connectivity index (χ3v) is 5.50. The number of fused-ring (bicyclic) bond motifs is 1. The predicted molar refractivity (Wildman–Crippen MR) is 133 cm³/mol. The summed E-state index contributed by atoms with van der Waals surface area (Å²) in [5.74, 6) is 1.51. The lowest BCUT2D eigenvalue weighted by Gasteiger charge is -2.11. The van der Waals surface area contributed by atoms with E-state index in [1.807, 2.05) is 24.3 Å². The molecule has 2 aromatic carbocycles. The molecule has 0 unspecified atom stereocenters. The van der Waals surface area contributed by atoms with E-state index in [9.17, 15) is 9.59 Å². The monoisotopic (exact) mass is 476 g/mol. The molecule has 0 fully saturated rings. The molecule has 0 bridgehead atoms. The Balaban J connectivity index is 1.49. The number of carbonyl (C=O) groups is 1. The second-order valence-corrected chi connectivity index (χ2v) is 7.93. The third kappa shape index (κ3) is 5.46. The molecule has 2 heterocycles. The van der Waals surface area contributed by atoms with E-state index in [1.54, 1.807) is 43.8 Å². The maximum atomic E-state index is 13.0. The van der Waals surface area contributed by atoms with Gasteiger partial charge in [0.25, 0.3) is 5.56 Å². The average Bonchev–Trinajstić information content (AvgIpc) is 3.31. The number of nitrogens with one attached hydrogen (secondary N) is 1. The van der Waals surface area contributed by atoms with Gasteiger partial charge in [-0.25, -0.2) is 4.52 Å². The number of hydrogen-bond donors (Lipinski definition) is 1. The maximum Gasteiger partial charge on any atom is 0.277 e. The van der Waals surface area contributed by atoms with Gasteiger partial charge in [-0.05, 0) is 48.9 Å². The zero-order chi connectivity index (χ0) is 24.8. The van der Waals surface area contributed by atoms with Gasteiger partial charge in [-0.2, -0.15) is 5.10 Å². The summed E-state index contributed by atoms with van der Waals surface area (Å²) in [6, 6.07) is 14.4. The standard InChI is InChI=1S/C26H28N4O5/c1-4-5-14-35-20-9-6-18(7-10-20)21-16-22-26(32)29(12-13-30(22)28-21)17-25(31)27-19-8-11-23(33-2)24(15-19)34-3/h6-13,15-16H,4-5,14,17H2,1-3H3,(H,27,31). The molecule has 182 valence electrons. The first-order chi connectivity index (χ1) is 17.0. The predicted octanol–water partition coefficient (Wildman–Crippen LogP) is 4.00.